The minimum atomic E-state index is -0.851. The Morgan fingerprint density at radius 2 is 2.11 bits per heavy atom. The summed E-state index contributed by atoms with van der Waals surface area (Å²) in [5.41, 5.74) is -0.851. The van der Waals surface area contributed by atoms with E-state index in [2.05, 4.69) is 16.4 Å². The third-order valence-corrected chi connectivity index (χ3v) is 4.28. The van der Waals surface area contributed by atoms with Gasteiger partial charge < -0.3 is 5.32 Å². The maximum Gasteiger partial charge on any atom is 0.246 e. The number of thiazole rings is 1. The molecule has 0 atom stereocenters. The van der Waals surface area contributed by atoms with Crippen LogP contribution in [-0.2, 0) is 4.79 Å². The molecule has 1 aromatic rings. The highest BCUT2D eigenvalue weighted by atomic mass is 32.1. The van der Waals surface area contributed by atoms with Gasteiger partial charge in [0.1, 0.15) is 5.41 Å². The molecule has 18 heavy (non-hydrogen) atoms. The van der Waals surface area contributed by atoms with Crippen LogP contribution >= 0.6 is 11.3 Å². The molecule has 5 heteroatoms. The zero-order valence-electron chi connectivity index (χ0n) is 10.5. The van der Waals surface area contributed by atoms with Crippen molar-refractivity contribution in [3.05, 3.63) is 11.1 Å². The van der Waals surface area contributed by atoms with Crippen LogP contribution in [0.3, 0.4) is 0 Å². The Hall–Kier alpha value is -1.41. The normalized spacial score (nSPS) is 18.7. The molecule has 0 unspecified atom stereocenters. The Morgan fingerprint density at radius 3 is 2.61 bits per heavy atom. The van der Waals surface area contributed by atoms with Crippen molar-refractivity contribution in [2.75, 3.05) is 5.32 Å². The Labute approximate surface area is 111 Å². The zero-order valence-corrected chi connectivity index (χ0v) is 11.3. The molecule has 1 fully saturated rings. The number of hydrogen-bond acceptors (Lipinski definition) is 4. The lowest BCUT2D eigenvalue weighted by Crippen LogP contribution is -2.34. The van der Waals surface area contributed by atoms with Crippen LogP contribution in [0.25, 0.3) is 0 Å². The summed E-state index contributed by atoms with van der Waals surface area (Å²) < 4.78 is 0. The molecule has 0 aromatic carbocycles. The van der Waals surface area contributed by atoms with Crippen molar-refractivity contribution in [3.63, 3.8) is 0 Å². The third-order valence-electron chi connectivity index (χ3n) is 3.45. The lowest BCUT2D eigenvalue weighted by molar-refractivity contribution is -0.123. The second-order valence-electron chi connectivity index (χ2n) is 4.84. The van der Waals surface area contributed by atoms with Crippen LogP contribution < -0.4 is 5.32 Å². The molecule has 1 aliphatic carbocycles. The average molecular weight is 263 g/mol. The first-order valence-electron chi connectivity index (χ1n) is 6.31. The number of carbonyl (C=O) groups excluding carboxylic acids is 1. The van der Waals surface area contributed by atoms with Crippen LogP contribution in [-0.4, -0.2) is 10.9 Å². The smallest absolute Gasteiger partial charge is 0.246 e. The molecule has 4 nitrogen and oxygen atoms in total. The lowest BCUT2D eigenvalue weighted by Gasteiger charge is -2.22. The Balaban J connectivity index is 2.12. The predicted octanol–water partition coefficient (Wildman–Crippen LogP) is 3.25. The van der Waals surface area contributed by atoms with Crippen molar-refractivity contribution >= 4 is 22.4 Å². The van der Waals surface area contributed by atoms with E-state index < -0.39 is 5.41 Å². The molecule has 0 aliphatic heterocycles. The summed E-state index contributed by atoms with van der Waals surface area (Å²) in [7, 11) is 0. The fourth-order valence-corrected chi connectivity index (χ4v) is 3.01. The third kappa shape index (κ3) is 2.70. The van der Waals surface area contributed by atoms with Crippen LogP contribution in [0.4, 0.5) is 5.13 Å². The molecule has 2 rings (SSSR count). The highest BCUT2D eigenvalue weighted by molar-refractivity contribution is 7.15. The average Bonchev–Trinajstić information content (AvgIpc) is 2.65. The number of aryl methyl sites for hydroxylation is 1. The Morgan fingerprint density at radius 1 is 1.44 bits per heavy atom. The monoisotopic (exact) mass is 263 g/mol. The molecule has 1 aliphatic rings. The quantitative estimate of drug-likeness (QED) is 0.833. The van der Waals surface area contributed by atoms with Gasteiger partial charge in [-0.2, -0.15) is 5.26 Å². The second kappa shape index (κ2) is 5.49. The number of nitrogens with zero attached hydrogens (tertiary/aromatic N) is 2. The van der Waals surface area contributed by atoms with E-state index in [9.17, 15) is 10.1 Å². The van der Waals surface area contributed by atoms with Crippen molar-refractivity contribution in [2.45, 2.75) is 45.4 Å². The largest absolute Gasteiger partial charge is 0.301 e. The van der Waals surface area contributed by atoms with E-state index in [1.54, 1.807) is 6.20 Å². The van der Waals surface area contributed by atoms with E-state index in [1.807, 2.05) is 6.92 Å². The van der Waals surface area contributed by atoms with E-state index in [0.717, 1.165) is 30.6 Å². The molecular weight excluding hydrogens is 246 g/mol. The van der Waals surface area contributed by atoms with Crippen LogP contribution in [0.2, 0.25) is 0 Å². The molecule has 0 bridgehead atoms. The lowest BCUT2D eigenvalue weighted by atomic mass is 9.81. The van der Waals surface area contributed by atoms with Crippen LogP contribution in [0, 0.1) is 23.7 Å². The molecule has 1 amide bonds. The van der Waals surface area contributed by atoms with Crippen molar-refractivity contribution < 1.29 is 4.79 Å². The van der Waals surface area contributed by atoms with Gasteiger partial charge in [-0.15, -0.1) is 11.3 Å². The Kier molecular flexibility index (Phi) is 3.97. The summed E-state index contributed by atoms with van der Waals surface area (Å²) >= 11 is 1.44. The van der Waals surface area contributed by atoms with Gasteiger partial charge in [0, 0.05) is 11.1 Å². The van der Waals surface area contributed by atoms with Crippen molar-refractivity contribution in [1.82, 2.24) is 4.98 Å². The van der Waals surface area contributed by atoms with Gasteiger partial charge in [-0.05, 0) is 19.8 Å². The van der Waals surface area contributed by atoms with E-state index in [1.165, 1.54) is 11.3 Å². The van der Waals surface area contributed by atoms with Crippen molar-refractivity contribution in [3.8, 4) is 6.07 Å². The fourth-order valence-electron chi connectivity index (χ4n) is 2.35. The first-order chi connectivity index (χ1) is 8.66. The summed E-state index contributed by atoms with van der Waals surface area (Å²) in [6, 6.07) is 2.25. The molecule has 0 saturated heterocycles. The van der Waals surface area contributed by atoms with Crippen molar-refractivity contribution in [2.24, 2.45) is 5.41 Å². The number of anilines is 1. The SMILES string of the molecule is Cc1cnc(NC(=O)C2(C#N)CCCCCC2)s1. The number of nitrogens with one attached hydrogen (secondary N) is 1. The van der Waals surface area contributed by atoms with Gasteiger partial charge in [-0.1, -0.05) is 25.7 Å². The first-order valence-corrected chi connectivity index (χ1v) is 7.13. The number of rotatable bonds is 2. The standard InChI is InChI=1S/C13H17N3OS/c1-10-8-15-12(18-10)16-11(17)13(9-14)6-4-2-3-5-7-13/h8H,2-7H2,1H3,(H,15,16,17). The summed E-state index contributed by atoms with van der Waals surface area (Å²) in [5.74, 6) is -0.179. The van der Waals surface area contributed by atoms with E-state index >= 15 is 0 Å². The van der Waals surface area contributed by atoms with E-state index in [4.69, 9.17) is 0 Å². The van der Waals surface area contributed by atoms with Gasteiger partial charge in [0.25, 0.3) is 0 Å². The van der Waals surface area contributed by atoms with Gasteiger partial charge in [-0.25, -0.2) is 4.98 Å². The second-order valence-corrected chi connectivity index (χ2v) is 6.07. The Bertz CT molecular complexity index is 467. The van der Waals surface area contributed by atoms with Gasteiger partial charge in [0.05, 0.1) is 6.07 Å². The molecule has 1 N–H and O–H groups in total. The minimum Gasteiger partial charge on any atom is -0.301 e. The maximum absolute atomic E-state index is 12.3. The molecule has 1 heterocycles. The van der Waals surface area contributed by atoms with Gasteiger partial charge in [-0.3, -0.25) is 4.79 Å². The number of aromatic nitrogens is 1. The molecule has 96 valence electrons. The van der Waals surface area contributed by atoms with Crippen LogP contribution in [0.5, 0.6) is 0 Å². The first kappa shape index (κ1) is 13.0. The molecule has 1 saturated carbocycles. The molecule has 1 aromatic heterocycles. The molecule has 0 spiro atoms. The number of nitriles is 1. The number of amides is 1. The highest BCUT2D eigenvalue weighted by Gasteiger charge is 2.39. The predicted molar refractivity (Wildman–Crippen MR) is 71.2 cm³/mol. The fraction of sp³-hybridized carbons (Fsp3) is 0.615. The molecule has 0 radical (unpaired) electrons. The van der Waals surface area contributed by atoms with Gasteiger partial charge >= 0.3 is 0 Å². The summed E-state index contributed by atoms with van der Waals surface area (Å²) in [6.07, 6.45) is 7.21. The summed E-state index contributed by atoms with van der Waals surface area (Å²) in [6.45, 7) is 1.94. The maximum atomic E-state index is 12.3. The number of carbonyl (C=O) groups is 1. The summed E-state index contributed by atoms with van der Waals surface area (Å²) in [5, 5.41) is 12.8. The van der Waals surface area contributed by atoms with Crippen molar-refractivity contribution in [1.29, 1.82) is 5.26 Å². The minimum absolute atomic E-state index is 0.179. The molecular formula is C13H17N3OS. The van der Waals surface area contributed by atoms with Gasteiger partial charge in [0.15, 0.2) is 5.13 Å². The van der Waals surface area contributed by atoms with E-state index in [0.29, 0.717) is 18.0 Å². The summed E-state index contributed by atoms with van der Waals surface area (Å²) in [4.78, 5) is 17.5. The zero-order chi connectivity index (χ0) is 13.0. The number of hydrogen-bond donors (Lipinski definition) is 1. The van der Waals surface area contributed by atoms with E-state index in [-0.39, 0.29) is 5.91 Å². The van der Waals surface area contributed by atoms with Crippen LogP contribution in [0.1, 0.15) is 43.4 Å². The highest BCUT2D eigenvalue weighted by Crippen LogP contribution is 2.35. The van der Waals surface area contributed by atoms with Gasteiger partial charge in [0.2, 0.25) is 5.91 Å². The topological polar surface area (TPSA) is 65.8 Å². The van der Waals surface area contributed by atoms with Crippen LogP contribution in [0.15, 0.2) is 6.20 Å².